The third-order valence-electron chi connectivity index (χ3n) is 4.09. The monoisotopic (exact) mass is 355 g/mol. The van der Waals surface area contributed by atoms with Crippen LogP contribution < -0.4 is 4.74 Å². The zero-order valence-corrected chi connectivity index (χ0v) is 15.6. The second kappa shape index (κ2) is 7.31. The molecule has 25 heavy (non-hydrogen) atoms. The molecular formula is C20H21NO3S. The smallest absolute Gasteiger partial charge is 0.257 e. The van der Waals surface area contributed by atoms with Crippen molar-refractivity contribution in [3.05, 3.63) is 53.1 Å². The van der Waals surface area contributed by atoms with Crippen LogP contribution in [0.15, 0.2) is 46.0 Å². The van der Waals surface area contributed by atoms with Gasteiger partial charge in [-0.2, -0.15) is 0 Å². The van der Waals surface area contributed by atoms with E-state index in [2.05, 4.69) is 18.8 Å². The lowest BCUT2D eigenvalue weighted by Gasteiger charge is -2.15. The number of methoxy groups -OCH3 is 1. The van der Waals surface area contributed by atoms with Crippen LogP contribution >= 0.6 is 11.8 Å². The molecule has 3 aromatic rings. The first-order chi connectivity index (χ1) is 12.0. The molecule has 0 N–H and O–H groups in total. The van der Waals surface area contributed by atoms with Crippen LogP contribution in [0.5, 0.6) is 5.75 Å². The highest BCUT2D eigenvalue weighted by atomic mass is 32.2. The van der Waals surface area contributed by atoms with Gasteiger partial charge in [0.15, 0.2) is 11.4 Å². The molecule has 0 unspecified atom stereocenters. The molecule has 0 fully saturated rings. The van der Waals surface area contributed by atoms with Crippen molar-refractivity contribution in [2.75, 3.05) is 12.9 Å². The maximum Gasteiger partial charge on any atom is 0.257 e. The molecule has 0 saturated carbocycles. The molecule has 0 bridgehead atoms. The number of hydrogen-bond donors (Lipinski definition) is 0. The first-order valence-corrected chi connectivity index (χ1v) is 9.18. The van der Waals surface area contributed by atoms with E-state index in [9.17, 15) is 4.79 Å². The number of carbonyl (C=O) groups is 1. The molecule has 130 valence electrons. The van der Waals surface area contributed by atoms with Crippen molar-refractivity contribution in [3.8, 4) is 5.75 Å². The van der Waals surface area contributed by atoms with E-state index < -0.39 is 0 Å². The zero-order chi connectivity index (χ0) is 18.0. The molecule has 3 rings (SSSR count). The van der Waals surface area contributed by atoms with Crippen molar-refractivity contribution in [3.63, 3.8) is 0 Å². The van der Waals surface area contributed by atoms with Gasteiger partial charge in [-0.3, -0.25) is 4.79 Å². The highest BCUT2D eigenvalue weighted by Crippen LogP contribution is 2.30. The molecule has 5 heteroatoms. The standard InChI is InChI=1S/C20H21NO3S/c1-12(2)14-10-19(23-4)13(3)9-15(14)17(22)11-25-20-21-16-7-5-6-8-18(16)24-20/h5-10,12H,11H2,1-4H3. The second-order valence-corrected chi connectivity index (χ2v) is 7.15. The summed E-state index contributed by atoms with van der Waals surface area (Å²) < 4.78 is 11.1. The number of hydrogen-bond acceptors (Lipinski definition) is 5. The summed E-state index contributed by atoms with van der Waals surface area (Å²) in [5.41, 5.74) is 4.26. The van der Waals surface area contributed by atoms with Crippen molar-refractivity contribution in [1.82, 2.24) is 4.98 Å². The fourth-order valence-corrected chi connectivity index (χ4v) is 3.48. The number of rotatable bonds is 6. The quantitative estimate of drug-likeness (QED) is 0.447. The molecule has 1 aromatic heterocycles. The number of oxazole rings is 1. The Morgan fingerprint density at radius 2 is 2.04 bits per heavy atom. The zero-order valence-electron chi connectivity index (χ0n) is 14.8. The highest BCUT2D eigenvalue weighted by molar-refractivity contribution is 7.99. The SMILES string of the molecule is COc1cc(C(C)C)c(C(=O)CSc2nc3ccccc3o2)cc1C. The maximum absolute atomic E-state index is 12.8. The van der Waals surface area contributed by atoms with Gasteiger partial charge < -0.3 is 9.15 Å². The van der Waals surface area contributed by atoms with E-state index in [1.165, 1.54) is 11.8 Å². The van der Waals surface area contributed by atoms with Gasteiger partial charge in [0.1, 0.15) is 11.3 Å². The Hall–Kier alpha value is -2.27. The van der Waals surface area contributed by atoms with Gasteiger partial charge in [-0.05, 0) is 48.2 Å². The summed E-state index contributed by atoms with van der Waals surface area (Å²) in [6.45, 7) is 6.11. The first kappa shape index (κ1) is 17.5. The van der Waals surface area contributed by atoms with Crippen LogP contribution in [0.1, 0.15) is 41.3 Å². The van der Waals surface area contributed by atoms with Gasteiger partial charge in [-0.25, -0.2) is 4.98 Å². The minimum absolute atomic E-state index is 0.0710. The van der Waals surface area contributed by atoms with Crippen LogP contribution in [0.3, 0.4) is 0 Å². The van der Waals surface area contributed by atoms with E-state index in [1.54, 1.807) is 7.11 Å². The van der Waals surface area contributed by atoms with Crippen LogP contribution in [0.25, 0.3) is 11.1 Å². The number of fused-ring (bicyclic) bond motifs is 1. The third-order valence-corrected chi connectivity index (χ3v) is 4.92. The summed E-state index contributed by atoms with van der Waals surface area (Å²) in [6.07, 6.45) is 0. The summed E-state index contributed by atoms with van der Waals surface area (Å²) in [6, 6.07) is 11.5. The lowest BCUT2D eigenvalue weighted by atomic mass is 9.93. The van der Waals surface area contributed by atoms with Gasteiger partial charge in [0.05, 0.1) is 12.9 Å². The average molecular weight is 355 g/mol. The Labute approximate surface area is 151 Å². The van der Waals surface area contributed by atoms with E-state index in [0.29, 0.717) is 5.22 Å². The van der Waals surface area contributed by atoms with Crippen LogP contribution in [-0.2, 0) is 0 Å². The molecule has 2 aromatic carbocycles. The van der Waals surface area contributed by atoms with Crippen LogP contribution in [-0.4, -0.2) is 23.6 Å². The van der Waals surface area contributed by atoms with Gasteiger partial charge in [-0.1, -0.05) is 37.7 Å². The highest BCUT2D eigenvalue weighted by Gasteiger charge is 2.18. The fourth-order valence-electron chi connectivity index (χ4n) is 2.76. The fraction of sp³-hybridized carbons (Fsp3) is 0.300. The van der Waals surface area contributed by atoms with Crippen LogP contribution in [0.2, 0.25) is 0 Å². The number of ketones is 1. The molecule has 0 amide bonds. The Kier molecular flexibility index (Phi) is 5.13. The normalized spacial score (nSPS) is 11.2. The second-order valence-electron chi connectivity index (χ2n) is 6.22. The Balaban J connectivity index is 1.81. The lowest BCUT2D eigenvalue weighted by molar-refractivity contribution is 0.102. The Bertz CT molecular complexity index is 881. The number of nitrogens with zero attached hydrogens (tertiary/aromatic N) is 1. The van der Waals surface area contributed by atoms with Crippen molar-refractivity contribution in [1.29, 1.82) is 0 Å². The molecule has 0 spiro atoms. The molecule has 0 aliphatic carbocycles. The van der Waals surface area contributed by atoms with E-state index in [4.69, 9.17) is 9.15 Å². The van der Waals surface area contributed by atoms with Gasteiger partial charge in [0.2, 0.25) is 0 Å². The number of benzene rings is 2. The maximum atomic E-state index is 12.8. The summed E-state index contributed by atoms with van der Waals surface area (Å²) in [7, 11) is 1.65. The van der Waals surface area contributed by atoms with E-state index in [-0.39, 0.29) is 17.5 Å². The number of aromatic nitrogens is 1. The largest absolute Gasteiger partial charge is 0.496 e. The number of thioether (sulfide) groups is 1. The Morgan fingerprint density at radius 3 is 2.72 bits per heavy atom. The van der Waals surface area contributed by atoms with E-state index >= 15 is 0 Å². The summed E-state index contributed by atoms with van der Waals surface area (Å²) in [5, 5.41) is 0.519. The molecule has 0 atom stereocenters. The molecular weight excluding hydrogens is 334 g/mol. The van der Waals surface area contributed by atoms with E-state index in [0.717, 1.165) is 33.5 Å². The molecule has 4 nitrogen and oxygen atoms in total. The van der Waals surface area contributed by atoms with Gasteiger partial charge >= 0.3 is 0 Å². The van der Waals surface area contributed by atoms with Crippen molar-refractivity contribution >= 4 is 28.6 Å². The number of para-hydroxylation sites is 2. The van der Waals surface area contributed by atoms with E-state index in [1.807, 2.05) is 43.3 Å². The van der Waals surface area contributed by atoms with Gasteiger partial charge in [0.25, 0.3) is 5.22 Å². The summed E-state index contributed by atoms with van der Waals surface area (Å²) in [5.74, 6) is 1.41. The topological polar surface area (TPSA) is 52.3 Å². The minimum atomic E-state index is 0.0710. The minimum Gasteiger partial charge on any atom is -0.496 e. The van der Waals surface area contributed by atoms with Crippen molar-refractivity contribution in [2.24, 2.45) is 0 Å². The van der Waals surface area contributed by atoms with Gasteiger partial charge in [-0.15, -0.1) is 0 Å². The molecule has 0 aliphatic rings. The predicted molar refractivity (Wildman–Crippen MR) is 101 cm³/mol. The number of carbonyl (C=O) groups excluding carboxylic acids is 1. The Morgan fingerprint density at radius 1 is 1.28 bits per heavy atom. The summed E-state index contributed by atoms with van der Waals surface area (Å²) >= 11 is 1.33. The molecule has 1 heterocycles. The van der Waals surface area contributed by atoms with Crippen molar-refractivity contribution < 1.29 is 13.9 Å². The third kappa shape index (κ3) is 3.71. The molecule has 0 aliphatic heterocycles. The lowest BCUT2D eigenvalue weighted by Crippen LogP contribution is -2.09. The number of aryl methyl sites for hydroxylation is 1. The number of ether oxygens (including phenoxy) is 1. The molecule has 0 radical (unpaired) electrons. The number of Topliss-reactive ketones (excluding diaryl/α,β-unsaturated/α-hetero) is 1. The molecule has 0 saturated heterocycles. The predicted octanol–water partition coefficient (Wildman–Crippen LogP) is 5.24. The van der Waals surface area contributed by atoms with Gasteiger partial charge in [0, 0.05) is 5.56 Å². The van der Waals surface area contributed by atoms with Crippen LogP contribution in [0.4, 0.5) is 0 Å². The first-order valence-electron chi connectivity index (χ1n) is 8.19. The van der Waals surface area contributed by atoms with Crippen molar-refractivity contribution in [2.45, 2.75) is 31.9 Å². The summed E-state index contributed by atoms with van der Waals surface area (Å²) in [4.78, 5) is 17.2. The van der Waals surface area contributed by atoms with Crippen LogP contribution in [0, 0.1) is 6.92 Å². The average Bonchev–Trinajstić information content (AvgIpc) is 3.02.